The molecule has 1 aliphatic rings. The van der Waals surface area contributed by atoms with E-state index >= 15 is 0 Å². The summed E-state index contributed by atoms with van der Waals surface area (Å²) in [6.07, 6.45) is 0. The van der Waals surface area contributed by atoms with Crippen LogP contribution in [0.2, 0.25) is 0 Å². The zero-order chi connectivity index (χ0) is 33.7. The molecular weight excluding hydrogens is 620 g/mol. The van der Waals surface area contributed by atoms with E-state index in [9.17, 15) is 5.26 Å². The summed E-state index contributed by atoms with van der Waals surface area (Å²) in [6, 6.07) is 44.1. The van der Waals surface area contributed by atoms with E-state index in [0.29, 0.717) is 46.2 Å². The van der Waals surface area contributed by atoms with Crippen LogP contribution in [0, 0.1) is 11.3 Å². The van der Waals surface area contributed by atoms with Crippen LogP contribution in [0.15, 0.2) is 121 Å². The maximum Gasteiger partial charge on any atom is 0.128 e. The van der Waals surface area contributed by atoms with Gasteiger partial charge < -0.3 is 18.9 Å². The lowest BCUT2D eigenvalue weighted by Gasteiger charge is -2.24. The number of nitrogens with zero attached hydrogens (tertiary/aromatic N) is 2. The number of rotatable bonds is 2. The number of nitriles is 1. The van der Waals surface area contributed by atoms with E-state index in [1.807, 2.05) is 24.3 Å². The van der Waals surface area contributed by atoms with E-state index in [2.05, 4.69) is 108 Å². The Hall–Kier alpha value is -5.45. The van der Waals surface area contributed by atoms with Gasteiger partial charge in [0, 0.05) is 41.5 Å². The quantitative estimate of drug-likeness (QED) is 0.173. The van der Waals surface area contributed by atoms with E-state index in [0.717, 1.165) is 84.4 Å². The molecule has 7 aromatic carbocycles. The van der Waals surface area contributed by atoms with Crippen molar-refractivity contribution < 1.29 is 18.9 Å². The van der Waals surface area contributed by atoms with Gasteiger partial charge in [0.2, 0.25) is 0 Å². The fourth-order valence-corrected chi connectivity index (χ4v) is 7.27. The van der Waals surface area contributed by atoms with Crippen molar-refractivity contribution in [1.29, 1.82) is 5.26 Å². The molecule has 0 aliphatic carbocycles. The summed E-state index contributed by atoms with van der Waals surface area (Å²) in [7, 11) is 0. The second-order valence-electron chi connectivity index (χ2n) is 12.6. The third kappa shape index (κ3) is 6.23. The van der Waals surface area contributed by atoms with Crippen LogP contribution in [0.25, 0.3) is 54.2 Å². The Morgan fingerprint density at radius 3 is 1.40 bits per heavy atom. The minimum atomic E-state index is 0.417. The van der Waals surface area contributed by atoms with Crippen molar-refractivity contribution >= 4 is 43.1 Å². The number of ether oxygens (including phenoxy) is 4. The molecule has 6 heteroatoms. The topological polar surface area (TPSA) is 64.0 Å². The van der Waals surface area contributed by atoms with Gasteiger partial charge in [0.25, 0.3) is 0 Å². The average molecular weight is 659 g/mol. The van der Waals surface area contributed by atoms with Gasteiger partial charge >= 0.3 is 0 Å². The van der Waals surface area contributed by atoms with Crippen LogP contribution < -0.4 is 9.47 Å². The minimum Gasteiger partial charge on any atom is -0.491 e. The highest BCUT2D eigenvalue weighted by Crippen LogP contribution is 2.45. The van der Waals surface area contributed by atoms with Crippen LogP contribution in [0.3, 0.4) is 0 Å². The van der Waals surface area contributed by atoms with Gasteiger partial charge in [-0.15, -0.1) is 0 Å². The Bertz CT molecular complexity index is 2210. The Kier molecular flexibility index (Phi) is 9.27. The third-order valence-electron chi connectivity index (χ3n) is 9.64. The van der Waals surface area contributed by atoms with Crippen molar-refractivity contribution in [3.8, 4) is 28.7 Å². The van der Waals surface area contributed by atoms with Gasteiger partial charge in [-0.1, -0.05) is 109 Å². The molecule has 1 heterocycles. The number of benzene rings is 7. The second-order valence-corrected chi connectivity index (χ2v) is 12.6. The molecule has 7 aromatic rings. The summed E-state index contributed by atoms with van der Waals surface area (Å²) in [5.41, 5.74) is 3.97. The van der Waals surface area contributed by atoms with Crippen LogP contribution in [-0.2, 0) is 16.0 Å². The molecule has 0 N–H and O–H groups in total. The Balaban J connectivity index is 1.10. The van der Waals surface area contributed by atoms with Gasteiger partial charge in [-0.3, -0.25) is 4.90 Å². The van der Waals surface area contributed by atoms with E-state index in [4.69, 9.17) is 18.9 Å². The highest BCUT2D eigenvalue weighted by molar-refractivity contribution is 6.10. The fourth-order valence-electron chi connectivity index (χ4n) is 7.27. The molecule has 0 bridgehead atoms. The summed E-state index contributed by atoms with van der Waals surface area (Å²) in [5, 5.41) is 18.8. The predicted octanol–water partition coefficient (Wildman–Crippen LogP) is 9.14. The molecule has 50 heavy (non-hydrogen) atoms. The van der Waals surface area contributed by atoms with Crippen molar-refractivity contribution in [3.63, 3.8) is 0 Å². The Morgan fingerprint density at radius 1 is 0.480 bits per heavy atom. The zero-order valence-electron chi connectivity index (χ0n) is 27.9. The van der Waals surface area contributed by atoms with Gasteiger partial charge in [0.1, 0.15) is 30.8 Å². The molecule has 0 unspecified atom stereocenters. The Labute approximate surface area is 292 Å². The number of hydrogen-bond donors (Lipinski definition) is 0. The van der Waals surface area contributed by atoms with Crippen molar-refractivity contribution in [2.45, 2.75) is 6.54 Å². The lowest BCUT2D eigenvalue weighted by Crippen LogP contribution is -2.31. The summed E-state index contributed by atoms with van der Waals surface area (Å²) in [6.45, 7) is 5.00. The SMILES string of the molecule is N#Cc1c2ccccc2c(CN2CCOCCOc3ccc4ccccc4c3-c3c(ccc4ccccc34)OCCOCC2)c2ccccc12. The van der Waals surface area contributed by atoms with Gasteiger partial charge in [0.05, 0.1) is 32.0 Å². The molecule has 248 valence electrons. The number of hydrogen-bond acceptors (Lipinski definition) is 6. The summed E-state index contributed by atoms with van der Waals surface area (Å²) in [5.74, 6) is 1.60. The zero-order valence-corrected chi connectivity index (χ0v) is 27.9. The first-order valence-corrected chi connectivity index (χ1v) is 17.3. The summed E-state index contributed by atoms with van der Waals surface area (Å²) >= 11 is 0. The monoisotopic (exact) mass is 658 g/mol. The van der Waals surface area contributed by atoms with Crippen molar-refractivity contribution in [2.75, 3.05) is 52.7 Å². The highest BCUT2D eigenvalue weighted by atomic mass is 16.5. The van der Waals surface area contributed by atoms with Crippen molar-refractivity contribution in [3.05, 3.63) is 132 Å². The predicted molar refractivity (Wildman–Crippen MR) is 201 cm³/mol. The maximum atomic E-state index is 10.1. The first-order chi connectivity index (χ1) is 24.8. The first kappa shape index (κ1) is 31.8. The fraction of sp³-hybridized carbons (Fsp3) is 0.205. The maximum absolute atomic E-state index is 10.1. The lowest BCUT2D eigenvalue weighted by atomic mass is 9.92. The molecule has 0 fully saturated rings. The van der Waals surface area contributed by atoms with Crippen LogP contribution in [0.4, 0.5) is 0 Å². The molecule has 8 rings (SSSR count). The van der Waals surface area contributed by atoms with Crippen LogP contribution in [-0.4, -0.2) is 57.6 Å². The molecule has 0 saturated carbocycles. The second kappa shape index (κ2) is 14.6. The normalized spacial score (nSPS) is 15.1. The minimum absolute atomic E-state index is 0.417. The van der Waals surface area contributed by atoms with Gasteiger partial charge in [0.15, 0.2) is 0 Å². The first-order valence-electron chi connectivity index (χ1n) is 17.3. The van der Waals surface area contributed by atoms with Crippen molar-refractivity contribution in [1.82, 2.24) is 4.90 Å². The standard InChI is InChI=1S/C44H38N2O4/c45-29-39-35-13-5-7-15-37(35)40(38-16-8-6-14-36(38)39)30-46-21-23-47-25-27-49-41-19-17-31-9-1-3-11-33(31)43(41)44-34-12-4-2-10-32(34)18-20-42(44)50-28-26-48-24-22-46/h1-20H,21-28,30H2. The molecule has 0 aromatic heterocycles. The van der Waals surface area contributed by atoms with E-state index in [-0.39, 0.29) is 0 Å². The third-order valence-corrected chi connectivity index (χ3v) is 9.64. The molecular formula is C44H38N2O4. The van der Waals surface area contributed by atoms with Crippen LogP contribution >= 0.6 is 0 Å². The molecule has 1 aliphatic heterocycles. The van der Waals surface area contributed by atoms with Gasteiger partial charge in [-0.05, 0) is 50.0 Å². The molecule has 0 atom stereocenters. The van der Waals surface area contributed by atoms with Gasteiger partial charge in [-0.2, -0.15) is 5.26 Å². The summed E-state index contributed by atoms with van der Waals surface area (Å²) < 4.78 is 25.5. The Morgan fingerprint density at radius 2 is 0.920 bits per heavy atom. The number of fused-ring (bicyclic) bond motifs is 9. The molecule has 0 radical (unpaired) electrons. The largest absolute Gasteiger partial charge is 0.491 e. The van der Waals surface area contributed by atoms with Gasteiger partial charge in [-0.25, -0.2) is 0 Å². The average Bonchev–Trinajstić information content (AvgIpc) is 3.17. The lowest BCUT2D eigenvalue weighted by molar-refractivity contribution is 0.0540. The van der Waals surface area contributed by atoms with Crippen LogP contribution in [0.1, 0.15) is 11.1 Å². The molecule has 0 spiro atoms. The van der Waals surface area contributed by atoms with Crippen molar-refractivity contribution in [2.24, 2.45) is 0 Å². The molecule has 6 nitrogen and oxygen atoms in total. The van der Waals surface area contributed by atoms with E-state index in [1.165, 1.54) is 5.56 Å². The van der Waals surface area contributed by atoms with E-state index < -0.39 is 0 Å². The molecule has 0 saturated heterocycles. The molecule has 0 amide bonds. The van der Waals surface area contributed by atoms with E-state index in [1.54, 1.807) is 0 Å². The van der Waals surface area contributed by atoms with Crippen LogP contribution in [0.5, 0.6) is 11.5 Å². The smallest absolute Gasteiger partial charge is 0.128 e. The highest BCUT2D eigenvalue weighted by Gasteiger charge is 2.20. The summed E-state index contributed by atoms with van der Waals surface area (Å²) in [4.78, 5) is 2.38.